The number of ether oxygens (including phenoxy) is 4. The molecule has 0 saturated carbocycles. The smallest absolute Gasteiger partial charge is 0.414 e. The average Bonchev–Trinajstić information content (AvgIpc) is 3.81. The molecular formula is C36H36N6O10. The lowest BCUT2D eigenvalue weighted by molar-refractivity contribution is -0.126. The molecule has 2 N–H and O–H groups in total. The monoisotopic (exact) mass is 712 g/mol. The lowest BCUT2D eigenvalue weighted by atomic mass is 10.1. The Balaban J connectivity index is 0.000000175. The van der Waals surface area contributed by atoms with Gasteiger partial charge in [0.25, 0.3) is 23.6 Å². The molecule has 0 aliphatic carbocycles. The van der Waals surface area contributed by atoms with Crippen molar-refractivity contribution < 1.29 is 47.7 Å². The summed E-state index contributed by atoms with van der Waals surface area (Å²) >= 11 is 0. The van der Waals surface area contributed by atoms with Crippen LogP contribution in [0.5, 0.6) is 0 Å². The SMILES string of the molecule is NC[C@H]1CN(c2ccc(N3CCOCC3=O)cc2)C(=O)O1.O=C1c2ccccc2C(=O)N1C[C@H]1CN(c2ccc(N3CCOCC3=O)cc2)C(=O)O1. The first-order chi connectivity index (χ1) is 25.2. The molecule has 16 nitrogen and oxygen atoms in total. The molecule has 16 heteroatoms. The van der Waals surface area contributed by atoms with Gasteiger partial charge in [0.2, 0.25) is 0 Å². The molecule has 0 spiro atoms. The zero-order valence-electron chi connectivity index (χ0n) is 28.0. The van der Waals surface area contributed by atoms with Gasteiger partial charge in [-0.2, -0.15) is 0 Å². The normalized spacial score (nSPS) is 21.7. The molecule has 3 aromatic rings. The van der Waals surface area contributed by atoms with E-state index in [2.05, 4.69) is 0 Å². The van der Waals surface area contributed by atoms with Gasteiger partial charge in [0, 0.05) is 42.4 Å². The third kappa shape index (κ3) is 6.90. The van der Waals surface area contributed by atoms with Crippen LogP contribution in [-0.2, 0) is 28.5 Å². The summed E-state index contributed by atoms with van der Waals surface area (Å²) in [6.45, 7) is 3.16. The topological polar surface area (TPSA) is 182 Å². The Morgan fingerprint density at radius 1 is 0.558 bits per heavy atom. The molecule has 5 aliphatic rings. The number of carbonyl (C=O) groups is 6. The Morgan fingerprint density at radius 3 is 1.37 bits per heavy atom. The second kappa shape index (κ2) is 14.8. The summed E-state index contributed by atoms with van der Waals surface area (Å²) in [6.07, 6.45) is -1.83. The maximum Gasteiger partial charge on any atom is 0.414 e. The van der Waals surface area contributed by atoms with Crippen LogP contribution in [0.3, 0.4) is 0 Å². The predicted octanol–water partition coefficient (Wildman–Crippen LogP) is 2.00. The Bertz CT molecular complexity index is 1850. The van der Waals surface area contributed by atoms with Crippen LogP contribution in [0, 0.1) is 0 Å². The van der Waals surface area contributed by atoms with Crippen molar-refractivity contribution in [3.63, 3.8) is 0 Å². The number of anilines is 4. The maximum atomic E-state index is 12.6. The number of carbonyl (C=O) groups excluding carboxylic acids is 6. The van der Waals surface area contributed by atoms with Gasteiger partial charge in [0.05, 0.1) is 44.0 Å². The van der Waals surface area contributed by atoms with E-state index in [0.717, 1.165) is 22.0 Å². The highest BCUT2D eigenvalue weighted by Crippen LogP contribution is 2.29. The van der Waals surface area contributed by atoms with E-state index in [1.165, 1.54) is 4.90 Å². The van der Waals surface area contributed by atoms with Crippen LogP contribution in [0.15, 0.2) is 72.8 Å². The number of fused-ring (bicyclic) bond motifs is 1. The van der Waals surface area contributed by atoms with Crippen molar-refractivity contribution >= 4 is 58.6 Å². The fraction of sp³-hybridized carbons (Fsp3) is 0.333. The van der Waals surface area contributed by atoms with Gasteiger partial charge in [0.1, 0.15) is 25.4 Å². The molecule has 270 valence electrons. The van der Waals surface area contributed by atoms with Gasteiger partial charge in [-0.15, -0.1) is 0 Å². The standard InChI is InChI=1S/C22H19N3O6.C14H17N3O4/c26-19-13-30-10-9-23(19)14-5-7-15(8-6-14)24-11-16(31-22(24)29)12-25-20(27)17-3-1-2-4-18(17)21(25)28;15-7-12-8-17(14(19)21-12)11-3-1-10(2-4-11)16-5-6-20-9-13(16)18/h1-8,16H,9-13H2;1-4,12H,5-9,15H2/t16-;12-/m10/s1. The first-order valence-electron chi connectivity index (χ1n) is 16.8. The van der Waals surface area contributed by atoms with Gasteiger partial charge in [-0.05, 0) is 60.7 Å². The minimum atomic E-state index is -0.629. The van der Waals surface area contributed by atoms with E-state index in [1.807, 2.05) is 12.1 Å². The van der Waals surface area contributed by atoms with Crippen LogP contribution in [0.2, 0.25) is 0 Å². The van der Waals surface area contributed by atoms with Gasteiger partial charge in [-0.3, -0.25) is 33.9 Å². The van der Waals surface area contributed by atoms with Crippen molar-refractivity contribution in [1.29, 1.82) is 0 Å². The number of rotatable bonds is 7. The lowest BCUT2D eigenvalue weighted by Gasteiger charge is -2.27. The molecule has 5 heterocycles. The van der Waals surface area contributed by atoms with Gasteiger partial charge < -0.3 is 34.5 Å². The van der Waals surface area contributed by atoms with E-state index in [0.29, 0.717) is 56.2 Å². The quantitative estimate of drug-likeness (QED) is 0.354. The Labute approximate surface area is 298 Å². The van der Waals surface area contributed by atoms with Crippen molar-refractivity contribution in [3.8, 4) is 0 Å². The average molecular weight is 713 g/mol. The molecule has 0 aromatic heterocycles. The molecule has 4 saturated heterocycles. The van der Waals surface area contributed by atoms with Gasteiger partial charge >= 0.3 is 12.2 Å². The summed E-state index contributed by atoms with van der Waals surface area (Å²) in [5.41, 5.74) is 9.12. The molecule has 6 amide bonds. The molecule has 0 bridgehead atoms. The van der Waals surface area contributed by atoms with Crippen molar-refractivity contribution in [2.75, 3.05) is 85.3 Å². The van der Waals surface area contributed by atoms with E-state index in [4.69, 9.17) is 24.7 Å². The van der Waals surface area contributed by atoms with Gasteiger partial charge in [0.15, 0.2) is 0 Å². The number of amides is 6. The zero-order valence-corrected chi connectivity index (χ0v) is 28.0. The molecular weight excluding hydrogens is 676 g/mol. The van der Waals surface area contributed by atoms with Crippen LogP contribution in [-0.4, -0.2) is 119 Å². The zero-order chi connectivity index (χ0) is 36.4. The highest BCUT2D eigenvalue weighted by molar-refractivity contribution is 6.21. The van der Waals surface area contributed by atoms with Crippen LogP contribution in [0.1, 0.15) is 20.7 Å². The van der Waals surface area contributed by atoms with E-state index in [-0.39, 0.29) is 62.1 Å². The second-order valence-electron chi connectivity index (χ2n) is 12.5. The number of cyclic esters (lactones) is 2. The number of nitrogens with zero attached hydrogens (tertiary/aromatic N) is 5. The summed E-state index contributed by atoms with van der Waals surface area (Å²) in [6, 6.07) is 20.9. The van der Waals surface area contributed by atoms with E-state index in [1.54, 1.807) is 75.4 Å². The molecule has 2 atom stereocenters. The molecule has 3 aromatic carbocycles. The first-order valence-corrected chi connectivity index (χ1v) is 16.8. The van der Waals surface area contributed by atoms with Gasteiger partial charge in [-0.25, -0.2) is 9.59 Å². The van der Waals surface area contributed by atoms with E-state index < -0.39 is 12.2 Å². The Morgan fingerprint density at radius 2 is 0.962 bits per heavy atom. The lowest BCUT2D eigenvalue weighted by Crippen LogP contribution is -2.41. The highest BCUT2D eigenvalue weighted by Gasteiger charge is 2.41. The summed E-state index contributed by atoms with van der Waals surface area (Å²) in [5.74, 6) is -0.928. The fourth-order valence-corrected chi connectivity index (χ4v) is 6.50. The van der Waals surface area contributed by atoms with Crippen LogP contribution in [0.25, 0.3) is 0 Å². The van der Waals surface area contributed by atoms with Crippen LogP contribution in [0.4, 0.5) is 32.3 Å². The number of hydrogen-bond acceptors (Lipinski definition) is 11. The predicted molar refractivity (Wildman–Crippen MR) is 185 cm³/mol. The summed E-state index contributed by atoms with van der Waals surface area (Å²) in [4.78, 5) is 80.5. The minimum Gasteiger partial charge on any atom is -0.443 e. The molecule has 5 aliphatic heterocycles. The third-order valence-corrected chi connectivity index (χ3v) is 9.19. The largest absolute Gasteiger partial charge is 0.443 e. The van der Waals surface area contributed by atoms with E-state index >= 15 is 0 Å². The van der Waals surface area contributed by atoms with Crippen LogP contribution >= 0.6 is 0 Å². The molecule has 0 radical (unpaired) electrons. The molecule has 52 heavy (non-hydrogen) atoms. The van der Waals surface area contributed by atoms with Gasteiger partial charge in [-0.1, -0.05) is 12.1 Å². The minimum absolute atomic E-state index is 0.00501. The summed E-state index contributed by atoms with van der Waals surface area (Å²) in [5, 5.41) is 0. The summed E-state index contributed by atoms with van der Waals surface area (Å²) < 4.78 is 20.8. The number of nitrogens with two attached hydrogens (primary N) is 1. The molecule has 8 rings (SSSR count). The number of morpholine rings is 2. The van der Waals surface area contributed by atoms with Crippen LogP contribution < -0.4 is 25.3 Å². The van der Waals surface area contributed by atoms with Crippen molar-refractivity contribution in [2.45, 2.75) is 12.2 Å². The van der Waals surface area contributed by atoms with Crippen molar-refractivity contribution in [3.05, 3.63) is 83.9 Å². The summed E-state index contributed by atoms with van der Waals surface area (Å²) in [7, 11) is 0. The Kier molecular flexibility index (Phi) is 9.84. The van der Waals surface area contributed by atoms with Crippen molar-refractivity contribution in [1.82, 2.24) is 4.90 Å². The fourth-order valence-electron chi connectivity index (χ4n) is 6.50. The third-order valence-electron chi connectivity index (χ3n) is 9.19. The maximum absolute atomic E-state index is 12.6. The Hall–Kier alpha value is -5.84. The highest BCUT2D eigenvalue weighted by atomic mass is 16.6. The number of hydrogen-bond donors (Lipinski definition) is 1. The number of imide groups is 1. The first kappa shape index (κ1) is 34.6. The molecule has 4 fully saturated rings. The van der Waals surface area contributed by atoms with Crippen molar-refractivity contribution in [2.24, 2.45) is 5.73 Å². The second-order valence-corrected chi connectivity index (χ2v) is 12.5. The molecule has 0 unspecified atom stereocenters. The van der Waals surface area contributed by atoms with E-state index in [9.17, 15) is 28.8 Å². The number of benzene rings is 3.